The van der Waals surface area contributed by atoms with Gasteiger partial charge in [0, 0.05) is 11.6 Å². The van der Waals surface area contributed by atoms with Crippen LogP contribution >= 0.6 is 11.3 Å². The number of nitrogens with zero attached hydrogens (tertiary/aromatic N) is 2. The fourth-order valence-electron chi connectivity index (χ4n) is 1.90. The Hall–Kier alpha value is -3.00. The molecule has 3 aromatic rings. The predicted molar refractivity (Wildman–Crippen MR) is 82.8 cm³/mol. The monoisotopic (exact) mass is 331 g/mol. The second-order valence-corrected chi connectivity index (χ2v) is 5.50. The molecule has 0 saturated heterocycles. The average molecular weight is 331 g/mol. The molecular weight excluding hydrogens is 321 g/mol. The van der Waals surface area contributed by atoms with Crippen molar-refractivity contribution in [3.63, 3.8) is 0 Å². The van der Waals surface area contributed by atoms with Crippen LogP contribution in [0.15, 0.2) is 48.0 Å². The molecule has 2 aromatic heterocycles. The van der Waals surface area contributed by atoms with Crippen LogP contribution in [0.25, 0.3) is 5.69 Å². The molecule has 0 fully saturated rings. The van der Waals surface area contributed by atoms with Gasteiger partial charge >= 0.3 is 5.97 Å². The third kappa shape index (κ3) is 3.27. The first-order valence-electron chi connectivity index (χ1n) is 6.48. The Balaban J connectivity index is 1.77. The smallest absolute Gasteiger partial charge is 0.336 e. The summed E-state index contributed by atoms with van der Waals surface area (Å²) in [7, 11) is 0. The highest BCUT2D eigenvalue weighted by atomic mass is 32.1. The maximum atomic E-state index is 13.2. The van der Waals surface area contributed by atoms with Crippen molar-refractivity contribution < 1.29 is 19.1 Å². The van der Waals surface area contributed by atoms with Crippen molar-refractivity contribution in [3.8, 4) is 5.69 Å². The van der Waals surface area contributed by atoms with E-state index >= 15 is 0 Å². The molecule has 0 aliphatic heterocycles. The lowest BCUT2D eigenvalue weighted by Gasteiger charge is -2.01. The largest absolute Gasteiger partial charge is 0.478 e. The van der Waals surface area contributed by atoms with Gasteiger partial charge in [-0.05, 0) is 30.3 Å². The van der Waals surface area contributed by atoms with Gasteiger partial charge in [0.05, 0.1) is 16.3 Å². The summed E-state index contributed by atoms with van der Waals surface area (Å²) in [6.45, 7) is 0. The van der Waals surface area contributed by atoms with Crippen molar-refractivity contribution in [2.75, 3.05) is 5.32 Å². The van der Waals surface area contributed by atoms with E-state index in [0.29, 0.717) is 10.7 Å². The summed E-state index contributed by atoms with van der Waals surface area (Å²) >= 11 is 1.11. The van der Waals surface area contributed by atoms with Gasteiger partial charge in [-0.3, -0.25) is 4.79 Å². The summed E-state index contributed by atoms with van der Waals surface area (Å²) in [5.41, 5.74) is 0.739. The third-order valence-corrected chi connectivity index (χ3v) is 3.82. The minimum atomic E-state index is -1.06. The van der Waals surface area contributed by atoms with Crippen LogP contribution in [0.3, 0.4) is 0 Å². The number of carbonyl (C=O) groups excluding carboxylic acids is 1. The molecule has 1 amide bonds. The number of aromatic carboxylic acids is 1. The van der Waals surface area contributed by atoms with Gasteiger partial charge in [-0.15, -0.1) is 11.3 Å². The van der Waals surface area contributed by atoms with Crippen LogP contribution in [-0.2, 0) is 0 Å². The van der Waals surface area contributed by atoms with E-state index in [9.17, 15) is 14.0 Å². The van der Waals surface area contributed by atoms with E-state index in [2.05, 4.69) is 10.4 Å². The molecule has 0 aliphatic carbocycles. The molecule has 3 rings (SSSR count). The standard InChI is InChI=1S/C15H10FN3O3S/c16-10-2-1-3-11(7-10)19-5-4-12(18-19)14(20)17-13-6-9(8-23-13)15(21)22/h1-8H,(H,17,20)(H,21,22). The average Bonchev–Trinajstić information content (AvgIpc) is 3.16. The zero-order chi connectivity index (χ0) is 16.4. The Morgan fingerprint density at radius 1 is 1.26 bits per heavy atom. The lowest BCUT2D eigenvalue weighted by Crippen LogP contribution is -2.12. The summed E-state index contributed by atoms with van der Waals surface area (Å²) < 4.78 is 14.6. The van der Waals surface area contributed by atoms with E-state index in [1.165, 1.54) is 34.3 Å². The number of halogens is 1. The molecular formula is C15H10FN3O3S. The number of nitrogens with one attached hydrogen (secondary N) is 1. The van der Waals surface area contributed by atoms with Gasteiger partial charge in [-0.2, -0.15) is 5.10 Å². The normalized spacial score (nSPS) is 10.5. The summed E-state index contributed by atoms with van der Waals surface area (Å²) in [5, 5.41) is 17.4. The topological polar surface area (TPSA) is 84.2 Å². The highest BCUT2D eigenvalue weighted by molar-refractivity contribution is 7.14. The zero-order valence-electron chi connectivity index (χ0n) is 11.6. The fourth-order valence-corrected chi connectivity index (χ4v) is 2.67. The number of amides is 1. The molecule has 0 bridgehead atoms. The number of rotatable bonds is 4. The number of carbonyl (C=O) groups is 2. The molecule has 0 unspecified atom stereocenters. The van der Waals surface area contributed by atoms with E-state index in [0.717, 1.165) is 11.3 Å². The molecule has 0 spiro atoms. The molecule has 23 heavy (non-hydrogen) atoms. The van der Waals surface area contributed by atoms with Gasteiger partial charge < -0.3 is 10.4 Å². The van der Waals surface area contributed by atoms with Gasteiger partial charge in [0.15, 0.2) is 5.69 Å². The number of carboxylic acid groups (broad SMARTS) is 1. The Labute approximate surface area is 133 Å². The number of carboxylic acids is 1. The predicted octanol–water partition coefficient (Wildman–Crippen LogP) is 3.02. The van der Waals surface area contributed by atoms with E-state index in [4.69, 9.17) is 5.11 Å². The number of anilines is 1. The summed E-state index contributed by atoms with van der Waals surface area (Å²) in [6.07, 6.45) is 1.54. The first-order valence-corrected chi connectivity index (χ1v) is 7.36. The minimum absolute atomic E-state index is 0.107. The zero-order valence-corrected chi connectivity index (χ0v) is 12.4. The van der Waals surface area contributed by atoms with Gasteiger partial charge in [-0.25, -0.2) is 13.9 Å². The van der Waals surface area contributed by atoms with E-state index in [1.807, 2.05) is 0 Å². The Morgan fingerprint density at radius 3 is 2.78 bits per heavy atom. The molecule has 0 radical (unpaired) electrons. The molecule has 8 heteroatoms. The molecule has 2 N–H and O–H groups in total. The van der Waals surface area contributed by atoms with Gasteiger partial charge in [0.1, 0.15) is 5.82 Å². The van der Waals surface area contributed by atoms with Crippen molar-refractivity contribution in [1.82, 2.24) is 9.78 Å². The maximum Gasteiger partial charge on any atom is 0.336 e. The SMILES string of the molecule is O=C(O)c1csc(NC(=O)c2ccn(-c3cccc(F)c3)n2)c1. The molecule has 1 aromatic carbocycles. The van der Waals surface area contributed by atoms with E-state index in [-0.39, 0.29) is 11.3 Å². The van der Waals surface area contributed by atoms with Gasteiger partial charge in [-0.1, -0.05) is 6.07 Å². The van der Waals surface area contributed by atoms with Crippen molar-refractivity contribution in [2.24, 2.45) is 0 Å². The Kier molecular flexibility index (Phi) is 3.90. The first-order chi connectivity index (χ1) is 11.0. The molecule has 6 nitrogen and oxygen atoms in total. The molecule has 0 atom stereocenters. The summed E-state index contributed by atoms with van der Waals surface area (Å²) in [6, 6.07) is 8.69. The quantitative estimate of drug-likeness (QED) is 0.769. The van der Waals surface area contributed by atoms with Crippen molar-refractivity contribution in [2.45, 2.75) is 0 Å². The maximum absolute atomic E-state index is 13.2. The second-order valence-electron chi connectivity index (χ2n) is 4.58. The lowest BCUT2D eigenvalue weighted by atomic mass is 10.3. The van der Waals surface area contributed by atoms with E-state index in [1.54, 1.807) is 18.3 Å². The summed E-state index contributed by atoms with van der Waals surface area (Å²) in [4.78, 5) is 22.9. The van der Waals surface area contributed by atoms with Crippen molar-refractivity contribution in [1.29, 1.82) is 0 Å². The highest BCUT2D eigenvalue weighted by Gasteiger charge is 2.13. The summed E-state index contributed by atoms with van der Waals surface area (Å²) in [5.74, 6) is -1.93. The van der Waals surface area contributed by atoms with Crippen LogP contribution in [-0.4, -0.2) is 26.8 Å². The van der Waals surface area contributed by atoms with Crippen LogP contribution in [0.5, 0.6) is 0 Å². The first kappa shape index (κ1) is 14.9. The number of aromatic nitrogens is 2. The fraction of sp³-hybridized carbons (Fsp3) is 0. The Morgan fingerprint density at radius 2 is 2.09 bits per heavy atom. The number of benzene rings is 1. The van der Waals surface area contributed by atoms with Crippen LogP contribution in [0.4, 0.5) is 9.39 Å². The highest BCUT2D eigenvalue weighted by Crippen LogP contribution is 2.21. The number of hydrogen-bond donors (Lipinski definition) is 2. The van der Waals surface area contributed by atoms with Crippen LogP contribution in [0.2, 0.25) is 0 Å². The van der Waals surface area contributed by atoms with Crippen LogP contribution in [0, 0.1) is 5.82 Å². The van der Waals surface area contributed by atoms with Crippen LogP contribution < -0.4 is 5.32 Å². The van der Waals surface area contributed by atoms with Crippen LogP contribution in [0.1, 0.15) is 20.8 Å². The lowest BCUT2D eigenvalue weighted by molar-refractivity contribution is 0.0697. The molecule has 2 heterocycles. The Bertz CT molecular complexity index is 887. The van der Waals surface area contributed by atoms with Gasteiger partial charge in [0.25, 0.3) is 5.91 Å². The minimum Gasteiger partial charge on any atom is -0.478 e. The molecule has 0 aliphatic rings. The van der Waals surface area contributed by atoms with Crippen molar-refractivity contribution in [3.05, 3.63) is 65.0 Å². The molecule has 0 saturated carbocycles. The number of hydrogen-bond acceptors (Lipinski definition) is 4. The second kappa shape index (κ2) is 6.01. The molecule has 116 valence electrons. The number of thiophene rings is 1. The van der Waals surface area contributed by atoms with Crippen molar-refractivity contribution >= 4 is 28.2 Å². The van der Waals surface area contributed by atoms with E-state index < -0.39 is 17.7 Å². The van der Waals surface area contributed by atoms with Gasteiger partial charge in [0.2, 0.25) is 0 Å². The third-order valence-electron chi connectivity index (χ3n) is 2.98.